The zero-order chi connectivity index (χ0) is 34.8. The molecule has 250 valence electrons. The Morgan fingerprint density at radius 2 is 1.72 bits per heavy atom. The highest BCUT2D eigenvalue weighted by Crippen LogP contribution is 2.38. The molecule has 0 spiro atoms. The lowest BCUT2D eigenvalue weighted by Gasteiger charge is -2.25. The van der Waals surface area contributed by atoms with Gasteiger partial charge in [-0.05, 0) is 80.7 Å². The van der Waals surface area contributed by atoms with E-state index in [9.17, 15) is 14.0 Å². The number of carbonyl (C=O) groups excluding carboxylic acids is 1. The van der Waals surface area contributed by atoms with Crippen LogP contribution < -0.4 is 24.4 Å². The largest absolute Gasteiger partial charge is 0.493 e. The van der Waals surface area contributed by atoms with Crippen LogP contribution in [0.2, 0.25) is 0 Å². The number of hydrogen-bond acceptors (Lipinski definition) is 7. The Kier molecular flexibility index (Phi) is 9.47. The van der Waals surface area contributed by atoms with Crippen LogP contribution in [-0.2, 0) is 16.1 Å². The van der Waals surface area contributed by atoms with Gasteiger partial charge < -0.3 is 14.2 Å². The number of carbonyl (C=O) groups is 1. The molecular formula is C40H30BrFN2O5S. The molecule has 0 N–H and O–H groups in total. The lowest BCUT2D eigenvalue weighted by Crippen LogP contribution is -2.40. The summed E-state index contributed by atoms with van der Waals surface area (Å²) < 4.78 is 34.1. The van der Waals surface area contributed by atoms with Gasteiger partial charge in [0, 0.05) is 5.56 Å². The average Bonchev–Trinajstić information content (AvgIpc) is 3.44. The minimum atomic E-state index is -0.908. The SMILES string of the molecule is CCOC(=O)C1=C(c2ccccc2)N=c2s/c(=C\c3cc(Br)c(OCc4cccc5ccccc45)c(OC)c3)c(=O)n2[C@@H]1c1ccc(F)cc1. The van der Waals surface area contributed by atoms with Gasteiger partial charge >= 0.3 is 5.97 Å². The van der Waals surface area contributed by atoms with Gasteiger partial charge in [0.1, 0.15) is 12.4 Å². The van der Waals surface area contributed by atoms with Crippen LogP contribution >= 0.6 is 27.3 Å². The molecule has 2 heterocycles. The third kappa shape index (κ3) is 6.39. The van der Waals surface area contributed by atoms with Gasteiger partial charge in [0.25, 0.3) is 5.56 Å². The molecule has 0 amide bonds. The molecule has 6 aromatic rings. The smallest absolute Gasteiger partial charge is 0.338 e. The van der Waals surface area contributed by atoms with Gasteiger partial charge in [-0.25, -0.2) is 14.2 Å². The van der Waals surface area contributed by atoms with E-state index < -0.39 is 17.8 Å². The molecule has 7 nitrogen and oxygen atoms in total. The lowest BCUT2D eigenvalue weighted by atomic mass is 9.93. The number of nitrogens with zero attached hydrogens (tertiary/aromatic N) is 2. The average molecular weight is 750 g/mol. The standard InChI is InChI=1S/C40H30BrFN2O5S/c1-3-48-39(46)34-35(26-11-5-4-6-12-26)43-40-44(36(34)27-16-18-29(42)19-17-27)38(45)33(50-40)22-24-20-31(41)37(32(21-24)47-2)49-23-28-14-9-13-25-10-7-8-15-30(25)28/h4-22,36H,3,23H2,1-2H3/b33-22-/t36-/m1/s1. The molecule has 1 aliphatic rings. The van der Waals surface area contributed by atoms with Crippen molar-refractivity contribution in [3.05, 3.63) is 167 Å². The first-order valence-electron chi connectivity index (χ1n) is 15.9. The number of hydrogen-bond donors (Lipinski definition) is 0. The summed E-state index contributed by atoms with van der Waals surface area (Å²) in [5.41, 5.74) is 3.18. The van der Waals surface area contributed by atoms with E-state index in [-0.39, 0.29) is 17.7 Å². The monoisotopic (exact) mass is 748 g/mol. The van der Waals surface area contributed by atoms with E-state index in [4.69, 9.17) is 19.2 Å². The number of halogens is 2. The molecule has 50 heavy (non-hydrogen) atoms. The number of esters is 1. The zero-order valence-electron chi connectivity index (χ0n) is 27.1. The maximum atomic E-state index is 14.3. The number of ether oxygens (including phenoxy) is 3. The summed E-state index contributed by atoms with van der Waals surface area (Å²) in [6.45, 7) is 2.17. The van der Waals surface area contributed by atoms with Gasteiger partial charge in [-0.3, -0.25) is 9.36 Å². The van der Waals surface area contributed by atoms with Crippen molar-refractivity contribution in [2.75, 3.05) is 13.7 Å². The zero-order valence-corrected chi connectivity index (χ0v) is 29.5. The van der Waals surface area contributed by atoms with E-state index in [1.54, 1.807) is 38.3 Å². The van der Waals surface area contributed by atoms with Gasteiger partial charge in [0.05, 0.1) is 40.0 Å². The lowest BCUT2D eigenvalue weighted by molar-refractivity contribution is -0.138. The molecular weight excluding hydrogens is 719 g/mol. The maximum Gasteiger partial charge on any atom is 0.338 e. The summed E-state index contributed by atoms with van der Waals surface area (Å²) in [6.07, 6.45) is 1.75. The van der Waals surface area contributed by atoms with Crippen LogP contribution in [0.25, 0.3) is 22.5 Å². The van der Waals surface area contributed by atoms with Gasteiger partial charge in [-0.1, -0.05) is 96.3 Å². The molecule has 10 heteroatoms. The van der Waals surface area contributed by atoms with Crippen LogP contribution in [0.5, 0.6) is 11.5 Å². The van der Waals surface area contributed by atoms with Crippen LogP contribution in [0, 0.1) is 5.82 Å². The van der Waals surface area contributed by atoms with Crippen LogP contribution in [-0.4, -0.2) is 24.3 Å². The van der Waals surface area contributed by atoms with Crippen molar-refractivity contribution in [1.82, 2.24) is 4.57 Å². The Morgan fingerprint density at radius 1 is 0.980 bits per heavy atom. The Labute approximate surface area is 299 Å². The fourth-order valence-electron chi connectivity index (χ4n) is 6.08. The molecule has 1 aromatic heterocycles. The highest BCUT2D eigenvalue weighted by Gasteiger charge is 2.35. The Bertz CT molecular complexity index is 2450. The van der Waals surface area contributed by atoms with E-state index in [1.807, 2.05) is 60.7 Å². The van der Waals surface area contributed by atoms with Gasteiger partial charge in [0.2, 0.25) is 0 Å². The number of benzene rings is 5. The third-order valence-corrected chi connectivity index (χ3v) is 9.93. The van der Waals surface area contributed by atoms with Gasteiger partial charge in [0.15, 0.2) is 16.3 Å². The Hall–Kier alpha value is -5.32. The van der Waals surface area contributed by atoms with Crippen molar-refractivity contribution in [2.24, 2.45) is 4.99 Å². The Balaban J connectivity index is 1.33. The minimum absolute atomic E-state index is 0.128. The molecule has 1 atom stereocenters. The summed E-state index contributed by atoms with van der Waals surface area (Å²) in [6, 6.07) is 32.0. The van der Waals surface area contributed by atoms with Crippen molar-refractivity contribution in [3.8, 4) is 11.5 Å². The van der Waals surface area contributed by atoms with E-state index in [0.29, 0.717) is 54.3 Å². The van der Waals surface area contributed by atoms with E-state index in [0.717, 1.165) is 16.3 Å². The Morgan fingerprint density at radius 3 is 2.48 bits per heavy atom. The summed E-state index contributed by atoms with van der Waals surface area (Å²) in [5, 5.41) is 2.24. The number of rotatable bonds is 9. The van der Waals surface area contributed by atoms with Crippen LogP contribution in [0.3, 0.4) is 0 Å². The molecule has 1 aliphatic heterocycles. The molecule has 0 saturated heterocycles. The van der Waals surface area contributed by atoms with Gasteiger partial charge in [-0.15, -0.1) is 0 Å². The maximum absolute atomic E-state index is 14.3. The van der Waals surface area contributed by atoms with E-state index in [1.165, 1.54) is 28.0 Å². The molecule has 0 aliphatic carbocycles. The molecule has 0 radical (unpaired) electrons. The molecule has 0 fully saturated rings. The van der Waals surface area contributed by atoms with E-state index >= 15 is 0 Å². The third-order valence-electron chi connectivity index (χ3n) is 8.36. The van der Waals surface area contributed by atoms with Crippen LogP contribution in [0.4, 0.5) is 4.39 Å². The van der Waals surface area contributed by atoms with Crippen molar-refractivity contribution in [3.63, 3.8) is 0 Å². The number of methoxy groups -OCH3 is 1. The first-order chi connectivity index (χ1) is 24.4. The molecule has 7 rings (SSSR count). The van der Waals surface area contributed by atoms with Crippen LogP contribution in [0.15, 0.2) is 129 Å². The van der Waals surface area contributed by atoms with Crippen molar-refractivity contribution in [2.45, 2.75) is 19.6 Å². The second-order valence-corrected chi connectivity index (χ2v) is 13.3. The predicted octanol–water partition coefficient (Wildman–Crippen LogP) is 7.58. The summed E-state index contributed by atoms with van der Waals surface area (Å²) in [7, 11) is 1.56. The van der Waals surface area contributed by atoms with Gasteiger partial charge in [-0.2, -0.15) is 0 Å². The number of aromatic nitrogens is 1. The van der Waals surface area contributed by atoms with Crippen molar-refractivity contribution < 1.29 is 23.4 Å². The van der Waals surface area contributed by atoms with E-state index in [2.05, 4.69) is 34.1 Å². The first-order valence-corrected chi connectivity index (χ1v) is 17.5. The van der Waals surface area contributed by atoms with Crippen molar-refractivity contribution in [1.29, 1.82) is 0 Å². The second kappa shape index (κ2) is 14.3. The number of fused-ring (bicyclic) bond motifs is 2. The van der Waals surface area contributed by atoms with Crippen molar-refractivity contribution >= 4 is 55.8 Å². The topological polar surface area (TPSA) is 79.1 Å². The number of thiazole rings is 1. The predicted molar refractivity (Wildman–Crippen MR) is 196 cm³/mol. The summed E-state index contributed by atoms with van der Waals surface area (Å²) in [5.74, 6) is -0.0256. The molecule has 0 unspecified atom stereocenters. The summed E-state index contributed by atoms with van der Waals surface area (Å²) >= 11 is 4.85. The fourth-order valence-corrected chi connectivity index (χ4v) is 7.66. The molecule has 5 aromatic carbocycles. The summed E-state index contributed by atoms with van der Waals surface area (Å²) in [4.78, 5) is 33.2. The highest BCUT2D eigenvalue weighted by atomic mass is 79.9. The van der Waals surface area contributed by atoms with Crippen LogP contribution in [0.1, 0.15) is 35.2 Å². The quantitative estimate of drug-likeness (QED) is 0.143. The first kappa shape index (κ1) is 33.2. The second-order valence-electron chi connectivity index (χ2n) is 11.4. The minimum Gasteiger partial charge on any atom is -0.493 e. The highest BCUT2D eigenvalue weighted by molar-refractivity contribution is 9.10. The molecule has 0 bridgehead atoms. The fraction of sp³-hybridized carbons (Fsp3) is 0.125. The normalized spacial score (nSPS) is 14.3. The molecule has 0 saturated carbocycles.